The average molecular weight is 556 g/mol. The highest BCUT2D eigenvalue weighted by atomic mass is 35.5. The number of ether oxygens (including phenoxy) is 2. The lowest BCUT2D eigenvalue weighted by Gasteiger charge is -2.24. The van der Waals surface area contributed by atoms with Gasteiger partial charge in [-0.1, -0.05) is 84.4 Å². The second-order valence-corrected chi connectivity index (χ2v) is 10.3. The maximum absolute atomic E-state index is 12.3. The SMILES string of the molecule is CCOC(=O)C(N)(CCCc1ccc(Sc2cccc(C)c2)cc1Cl)C(=O)OCC.CCc1ccccc1. The van der Waals surface area contributed by atoms with E-state index in [9.17, 15) is 9.59 Å². The Morgan fingerprint density at radius 2 is 1.50 bits per heavy atom. The number of nitrogens with two attached hydrogens (primary N) is 1. The Morgan fingerprint density at radius 3 is 2.03 bits per heavy atom. The molecule has 0 bridgehead atoms. The third kappa shape index (κ3) is 9.82. The Hall–Kier alpha value is -2.80. The predicted octanol–water partition coefficient (Wildman–Crippen LogP) is 7.20. The Bertz CT molecular complexity index is 1150. The van der Waals surface area contributed by atoms with Gasteiger partial charge in [0.2, 0.25) is 5.54 Å². The third-order valence-corrected chi connectivity index (χ3v) is 7.13. The van der Waals surface area contributed by atoms with Gasteiger partial charge in [-0.3, -0.25) is 0 Å². The number of aryl methyl sites for hydroxylation is 3. The zero-order valence-electron chi connectivity index (χ0n) is 22.7. The van der Waals surface area contributed by atoms with Gasteiger partial charge in [0.1, 0.15) is 0 Å². The minimum absolute atomic E-state index is 0.112. The maximum atomic E-state index is 12.3. The Kier molecular flexibility index (Phi) is 13.4. The van der Waals surface area contributed by atoms with Crippen molar-refractivity contribution in [3.63, 3.8) is 0 Å². The molecule has 3 rings (SSSR count). The van der Waals surface area contributed by atoms with E-state index in [1.54, 1.807) is 25.6 Å². The molecule has 5 nitrogen and oxygen atoms in total. The zero-order chi connectivity index (χ0) is 28.0. The molecule has 0 radical (unpaired) electrons. The van der Waals surface area contributed by atoms with Gasteiger partial charge in [0, 0.05) is 14.8 Å². The van der Waals surface area contributed by atoms with Crippen LogP contribution in [0.25, 0.3) is 0 Å². The molecule has 0 amide bonds. The second kappa shape index (κ2) is 16.2. The van der Waals surface area contributed by atoms with Crippen molar-refractivity contribution in [1.82, 2.24) is 0 Å². The van der Waals surface area contributed by atoms with Gasteiger partial charge in [0.15, 0.2) is 0 Å². The zero-order valence-corrected chi connectivity index (χ0v) is 24.2. The molecular formula is C31H38ClNO4S. The third-order valence-electron chi connectivity index (χ3n) is 5.80. The second-order valence-electron chi connectivity index (χ2n) is 8.78. The molecule has 0 fully saturated rings. The van der Waals surface area contributed by atoms with E-state index in [2.05, 4.69) is 56.3 Å². The van der Waals surface area contributed by atoms with Crippen LogP contribution in [-0.4, -0.2) is 30.7 Å². The minimum Gasteiger partial charge on any atom is -0.464 e. The van der Waals surface area contributed by atoms with E-state index in [0.29, 0.717) is 17.9 Å². The highest BCUT2D eigenvalue weighted by molar-refractivity contribution is 7.99. The summed E-state index contributed by atoms with van der Waals surface area (Å²) < 4.78 is 9.98. The summed E-state index contributed by atoms with van der Waals surface area (Å²) >= 11 is 8.12. The fourth-order valence-electron chi connectivity index (χ4n) is 3.69. The van der Waals surface area contributed by atoms with Gasteiger partial charge in [-0.05, 0) is 81.8 Å². The van der Waals surface area contributed by atoms with Crippen LogP contribution in [-0.2, 0) is 31.9 Å². The van der Waals surface area contributed by atoms with E-state index < -0.39 is 17.5 Å². The molecule has 0 saturated heterocycles. The lowest BCUT2D eigenvalue weighted by molar-refractivity contribution is -0.164. The quantitative estimate of drug-likeness (QED) is 0.199. The molecule has 3 aromatic carbocycles. The van der Waals surface area contributed by atoms with E-state index in [4.69, 9.17) is 26.8 Å². The monoisotopic (exact) mass is 555 g/mol. The number of hydrogen-bond donors (Lipinski definition) is 1. The smallest absolute Gasteiger partial charge is 0.337 e. The van der Waals surface area contributed by atoms with E-state index >= 15 is 0 Å². The van der Waals surface area contributed by atoms with Crippen molar-refractivity contribution in [2.75, 3.05) is 13.2 Å². The van der Waals surface area contributed by atoms with Crippen LogP contribution < -0.4 is 5.73 Å². The highest BCUT2D eigenvalue weighted by Crippen LogP contribution is 2.32. The summed E-state index contributed by atoms with van der Waals surface area (Å²) in [6.07, 6.45) is 2.31. The molecule has 0 aliphatic carbocycles. The van der Waals surface area contributed by atoms with Gasteiger partial charge in [-0.25, -0.2) is 9.59 Å². The first-order valence-corrected chi connectivity index (χ1v) is 14.1. The Balaban J connectivity index is 0.000000538. The predicted molar refractivity (Wildman–Crippen MR) is 156 cm³/mol. The van der Waals surface area contributed by atoms with E-state index in [1.165, 1.54) is 11.1 Å². The van der Waals surface area contributed by atoms with Crippen molar-refractivity contribution in [2.45, 2.75) is 68.7 Å². The van der Waals surface area contributed by atoms with Gasteiger partial charge in [0.25, 0.3) is 0 Å². The molecule has 7 heteroatoms. The summed E-state index contributed by atoms with van der Waals surface area (Å²) in [7, 11) is 0. The Morgan fingerprint density at radius 1 is 0.868 bits per heavy atom. The van der Waals surface area contributed by atoms with Crippen molar-refractivity contribution in [1.29, 1.82) is 0 Å². The normalized spacial score (nSPS) is 10.8. The van der Waals surface area contributed by atoms with Crippen LogP contribution in [0.1, 0.15) is 50.3 Å². The van der Waals surface area contributed by atoms with Crippen molar-refractivity contribution in [3.8, 4) is 0 Å². The van der Waals surface area contributed by atoms with Crippen LogP contribution in [0.4, 0.5) is 0 Å². The van der Waals surface area contributed by atoms with Crippen LogP contribution in [0.3, 0.4) is 0 Å². The molecular weight excluding hydrogens is 518 g/mol. The van der Waals surface area contributed by atoms with Crippen molar-refractivity contribution in [3.05, 3.63) is 94.5 Å². The van der Waals surface area contributed by atoms with Gasteiger partial charge < -0.3 is 15.2 Å². The number of carbonyl (C=O) groups is 2. The molecule has 0 aromatic heterocycles. The molecule has 0 spiro atoms. The number of rotatable bonds is 11. The summed E-state index contributed by atoms with van der Waals surface area (Å²) in [5.41, 5.74) is 7.84. The van der Waals surface area contributed by atoms with E-state index in [0.717, 1.165) is 21.8 Å². The molecule has 0 aliphatic rings. The van der Waals surface area contributed by atoms with Crippen LogP contribution in [0.15, 0.2) is 82.6 Å². The molecule has 38 heavy (non-hydrogen) atoms. The molecule has 0 atom stereocenters. The first-order chi connectivity index (χ1) is 18.2. The van der Waals surface area contributed by atoms with Crippen LogP contribution in [0, 0.1) is 6.92 Å². The largest absolute Gasteiger partial charge is 0.464 e. The lowest BCUT2D eigenvalue weighted by atomic mass is 9.92. The number of halogens is 1. The number of hydrogen-bond acceptors (Lipinski definition) is 6. The molecule has 2 N–H and O–H groups in total. The average Bonchev–Trinajstić information content (AvgIpc) is 2.91. The first kappa shape index (κ1) is 31.4. The first-order valence-electron chi connectivity index (χ1n) is 12.9. The van der Waals surface area contributed by atoms with Crippen molar-refractivity contribution >= 4 is 35.3 Å². The molecule has 0 saturated carbocycles. The van der Waals surface area contributed by atoms with Gasteiger partial charge in [-0.2, -0.15) is 0 Å². The van der Waals surface area contributed by atoms with E-state index in [-0.39, 0.29) is 19.6 Å². The lowest BCUT2D eigenvalue weighted by Crippen LogP contribution is -2.56. The molecule has 204 valence electrons. The van der Waals surface area contributed by atoms with E-state index in [1.807, 2.05) is 30.3 Å². The highest BCUT2D eigenvalue weighted by Gasteiger charge is 2.44. The molecule has 0 unspecified atom stereocenters. The summed E-state index contributed by atoms with van der Waals surface area (Å²) in [5, 5.41) is 0.641. The van der Waals surface area contributed by atoms with Gasteiger partial charge >= 0.3 is 11.9 Å². The summed E-state index contributed by atoms with van der Waals surface area (Å²) in [6.45, 7) is 7.84. The van der Waals surface area contributed by atoms with Crippen molar-refractivity contribution < 1.29 is 19.1 Å². The fourth-order valence-corrected chi connectivity index (χ4v) is 5.00. The minimum atomic E-state index is -1.81. The van der Waals surface area contributed by atoms with Crippen LogP contribution >= 0.6 is 23.4 Å². The molecule has 0 aliphatic heterocycles. The summed E-state index contributed by atoms with van der Waals surface area (Å²) in [5.74, 6) is -1.53. The number of esters is 2. The molecule has 3 aromatic rings. The summed E-state index contributed by atoms with van der Waals surface area (Å²) in [6, 6.07) is 24.6. The summed E-state index contributed by atoms with van der Waals surface area (Å²) in [4.78, 5) is 26.7. The Labute approximate surface area is 236 Å². The van der Waals surface area contributed by atoms with Gasteiger partial charge in [-0.15, -0.1) is 0 Å². The maximum Gasteiger partial charge on any atom is 0.337 e. The van der Waals surface area contributed by atoms with Gasteiger partial charge in [0.05, 0.1) is 13.2 Å². The fraction of sp³-hybridized carbons (Fsp3) is 0.355. The molecule has 0 heterocycles. The van der Waals surface area contributed by atoms with Crippen LogP contribution in [0.5, 0.6) is 0 Å². The topological polar surface area (TPSA) is 78.6 Å². The standard InChI is InChI=1S/C23H28ClNO4S.C8H10/c1-4-28-21(26)23(25,22(27)29-5-2)13-7-9-17-11-12-19(15-20(17)24)30-18-10-6-8-16(3)14-18;1-2-8-6-4-3-5-7-8/h6,8,10-12,14-15H,4-5,7,9,13,25H2,1-3H3;3-7H,2H2,1H3. The van der Waals surface area contributed by atoms with Crippen molar-refractivity contribution in [2.24, 2.45) is 5.73 Å². The number of carbonyl (C=O) groups excluding carboxylic acids is 2. The number of benzene rings is 3. The van der Waals surface area contributed by atoms with Crippen LogP contribution in [0.2, 0.25) is 5.02 Å².